The third-order valence-corrected chi connectivity index (χ3v) is 13.0. The molecule has 1 aliphatic carbocycles. The fourth-order valence-corrected chi connectivity index (χ4v) is 10.3. The summed E-state index contributed by atoms with van der Waals surface area (Å²) in [7, 11) is 0. The van der Waals surface area contributed by atoms with Crippen molar-refractivity contribution in [2.75, 3.05) is 4.90 Å². The molecule has 1 unspecified atom stereocenters. The molecule has 0 fully saturated rings. The van der Waals surface area contributed by atoms with Gasteiger partial charge in [0.1, 0.15) is 5.82 Å². The number of rotatable bonds is 7. The number of para-hydroxylation sites is 1. The number of nitrogens with zero attached hydrogens (tertiary/aromatic N) is 3. The number of anilines is 3. The van der Waals surface area contributed by atoms with Gasteiger partial charge in [-0.05, 0) is 87.7 Å². The van der Waals surface area contributed by atoms with E-state index < -0.39 is 0 Å². The molecule has 5 heteroatoms. The summed E-state index contributed by atoms with van der Waals surface area (Å²) in [5, 5.41) is 3.13. The van der Waals surface area contributed by atoms with E-state index in [2.05, 4.69) is 169 Å². The Morgan fingerprint density at radius 2 is 1.16 bits per heavy atom. The molecule has 0 radical (unpaired) electrons. The van der Waals surface area contributed by atoms with E-state index in [1.54, 1.807) is 11.8 Å². The van der Waals surface area contributed by atoms with Crippen LogP contribution in [0.4, 0.5) is 17.1 Å². The second-order valence-electron chi connectivity index (χ2n) is 15.0. The van der Waals surface area contributed by atoms with Gasteiger partial charge in [-0.25, -0.2) is 9.97 Å². The maximum Gasteiger partial charge on any atom is 0.129 e. The SMILES string of the molecule is Clc1cccc2c1N(c1cccc3ccccc13)c1ccc(-c3ccc4c(c3)-c3ccccc3C4CCc3nc(-c4ccccc4)cc(-c4ccccc4)n3)cc1S2. The first-order valence-electron chi connectivity index (χ1n) is 19.8. The number of hydrogen-bond donors (Lipinski definition) is 0. The highest BCUT2D eigenvalue weighted by molar-refractivity contribution is 7.99. The quantitative estimate of drug-likeness (QED) is 0.161. The van der Waals surface area contributed by atoms with Crippen LogP contribution in [0, 0.1) is 0 Å². The van der Waals surface area contributed by atoms with Gasteiger partial charge in [0.15, 0.2) is 0 Å². The molecular weight excluding hydrogens is 746 g/mol. The monoisotopic (exact) mass is 781 g/mol. The molecule has 1 aliphatic heterocycles. The molecule has 58 heavy (non-hydrogen) atoms. The van der Waals surface area contributed by atoms with Gasteiger partial charge in [-0.1, -0.05) is 169 Å². The lowest BCUT2D eigenvalue weighted by Crippen LogP contribution is -2.15. The van der Waals surface area contributed by atoms with Crippen molar-refractivity contribution in [3.05, 3.63) is 210 Å². The number of aryl methyl sites for hydroxylation is 1. The van der Waals surface area contributed by atoms with Crippen LogP contribution in [0.15, 0.2) is 198 Å². The molecule has 0 saturated heterocycles. The van der Waals surface area contributed by atoms with E-state index >= 15 is 0 Å². The Bertz CT molecular complexity index is 2960. The Morgan fingerprint density at radius 3 is 1.97 bits per heavy atom. The summed E-state index contributed by atoms with van der Waals surface area (Å²) >= 11 is 8.79. The van der Waals surface area contributed by atoms with Crippen LogP contribution in [0.1, 0.15) is 29.3 Å². The van der Waals surface area contributed by atoms with Gasteiger partial charge in [-0.2, -0.15) is 0 Å². The van der Waals surface area contributed by atoms with Crippen LogP contribution in [0.2, 0.25) is 5.02 Å². The molecule has 9 aromatic rings. The number of hydrogen-bond acceptors (Lipinski definition) is 4. The summed E-state index contributed by atoms with van der Waals surface area (Å²) in [6.07, 6.45) is 1.68. The second kappa shape index (κ2) is 14.5. The van der Waals surface area contributed by atoms with Crippen LogP contribution in [-0.2, 0) is 6.42 Å². The lowest BCUT2D eigenvalue weighted by molar-refractivity contribution is 0.702. The predicted molar refractivity (Wildman–Crippen MR) is 242 cm³/mol. The number of fused-ring (bicyclic) bond motifs is 6. The minimum Gasteiger partial charge on any atom is -0.306 e. The number of aromatic nitrogens is 2. The van der Waals surface area contributed by atoms with Crippen molar-refractivity contribution in [2.45, 2.75) is 28.6 Å². The molecule has 8 aromatic carbocycles. The lowest BCUT2D eigenvalue weighted by Gasteiger charge is -2.34. The molecule has 0 amide bonds. The molecule has 0 N–H and O–H groups in total. The van der Waals surface area contributed by atoms with Gasteiger partial charge in [0.2, 0.25) is 0 Å². The van der Waals surface area contributed by atoms with Crippen LogP contribution in [0.3, 0.4) is 0 Å². The van der Waals surface area contributed by atoms with E-state index in [4.69, 9.17) is 21.6 Å². The van der Waals surface area contributed by atoms with E-state index in [0.29, 0.717) is 0 Å². The first kappa shape index (κ1) is 34.8. The molecular formula is C53H36ClN3S. The zero-order chi connectivity index (χ0) is 38.6. The topological polar surface area (TPSA) is 29.0 Å². The molecule has 0 spiro atoms. The summed E-state index contributed by atoms with van der Waals surface area (Å²) < 4.78 is 0. The Hall–Kier alpha value is -6.46. The summed E-state index contributed by atoms with van der Waals surface area (Å²) in [4.78, 5) is 14.9. The van der Waals surface area contributed by atoms with Gasteiger partial charge in [0.05, 0.1) is 33.5 Å². The minimum absolute atomic E-state index is 0.249. The molecule has 0 saturated carbocycles. The summed E-state index contributed by atoms with van der Waals surface area (Å²) in [5.74, 6) is 1.12. The van der Waals surface area contributed by atoms with Crippen LogP contribution in [-0.4, -0.2) is 9.97 Å². The number of halogens is 1. The predicted octanol–water partition coefficient (Wildman–Crippen LogP) is 15.0. The van der Waals surface area contributed by atoms with Gasteiger partial charge >= 0.3 is 0 Å². The van der Waals surface area contributed by atoms with Crippen LogP contribution < -0.4 is 4.90 Å². The molecule has 2 aliphatic rings. The molecule has 1 aromatic heterocycles. The van der Waals surface area contributed by atoms with Crippen molar-refractivity contribution in [1.29, 1.82) is 0 Å². The fraction of sp³-hybridized carbons (Fsp3) is 0.0566. The summed E-state index contributed by atoms with van der Waals surface area (Å²) in [6.45, 7) is 0. The summed E-state index contributed by atoms with van der Waals surface area (Å²) in [5.41, 5.74) is 15.1. The van der Waals surface area contributed by atoms with Crippen molar-refractivity contribution in [1.82, 2.24) is 9.97 Å². The van der Waals surface area contributed by atoms with Gasteiger partial charge in [0, 0.05) is 38.6 Å². The molecule has 0 bridgehead atoms. The van der Waals surface area contributed by atoms with Crippen LogP contribution in [0.5, 0.6) is 0 Å². The average Bonchev–Trinajstić information content (AvgIpc) is 3.60. The smallest absolute Gasteiger partial charge is 0.129 e. The van der Waals surface area contributed by atoms with Gasteiger partial charge in [0.25, 0.3) is 0 Å². The maximum absolute atomic E-state index is 7.00. The molecule has 276 valence electrons. The second-order valence-corrected chi connectivity index (χ2v) is 16.5. The van der Waals surface area contributed by atoms with Crippen LogP contribution >= 0.6 is 23.4 Å². The third-order valence-electron chi connectivity index (χ3n) is 11.6. The van der Waals surface area contributed by atoms with Gasteiger partial charge in [-0.3, -0.25) is 0 Å². The highest BCUT2D eigenvalue weighted by atomic mass is 35.5. The Kier molecular flexibility index (Phi) is 8.68. The van der Waals surface area contributed by atoms with E-state index in [0.717, 1.165) is 68.2 Å². The molecule has 3 nitrogen and oxygen atoms in total. The fourth-order valence-electron chi connectivity index (χ4n) is 8.84. The van der Waals surface area contributed by atoms with E-state index in [-0.39, 0.29) is 5.92 Å². The first-order valence-corrected chi connectivity index (χ1v) is 21.0. The Morgan fingerprint density at radius 1 is 0.500 bits per heavy atom. The van der Waals surface area contributed by atoms with E-state index in [1.165, 1.54) is 49.0 Å². The zero-order valence-corrected chi connectivity index (χ0v) is 33.1. The highest BCUT2D eigenvalue weighted by Gasteiger charge is 2.31. The van der Waals surface area contributed by atoms with Gasteiger partial charge < -0.3 is 4.90 Å². The van der Waals surface area contributed by atoms with Crippen molar-refractivity contribution in [2.24, 2.45) is 0 Å². The van der Waals surface area contributed by atoms with Crippen molar-refractivity contribution in [3.8, 4) is 44.8 Å². The third kappa shape index (κ3) is 6.08. The minimum atomic E-state index is 0.249. The molecule has 1 atom stereocenters. The zero-order valence-electron chi connectivity index (χ0n) is 31.5. The Balaban J connectivity index is 0.946. The first-order chi connectivity index (χ1) is 28.7. The van der Waals surface area contributed by atoms with E-state index in [1.807, 2.05) is 24.3 Å². The largest absolute Gasteiger partial charge is 0.306 e. The van der Waals surface area contributed by atoms with Gasteiger partial charge in [-0.15, -0.1) is 0 Å². The summed E-state index contributed by atoms with van der Waals surface area (Å²) in [6, 6.07) is 67.1. The normalized spacial score (nSPS) is 13.8. The standard InChI is InChI=1S/C53H36ClN3S/c54-45-22-12-24-50-53(45)57(48-23-11-18-34-13-7-8-19-39(34)48)49-29-26-38(32-51(49)58-50)37-25-27-43-42(40-20-9-10-21-41(40)44(43)31-37)28-30-52-55-46(35-14-3-1-4-15-35)33-47(56-52)36-16-5-2-6-17-36/h1-27,29,31-33,42H,28,30H2. The highest BCUT2D eigenvalue weighted by Crippen LogP contribution is 2.56. The molecule has 11 rings (SSSR count). The maximum atomic E-state index is 7.00. The lowest BCUT2D eigenvalue weighted by atomic mass is 9.91. The average molecular weight is 782 g/mol. The number of benzene rings is 8. The van der Waals surface area contributed by atoms with Crippen LogP contribution in [0.25, 0.3) is 55.5 Å². The Labute approximate surface area is 347 Å². The van der Waals surface area contributed by atoms with E-state index in [9.17, 15) is 0 Å². The van der Waals surface area contributed by atoms with Crippen molar-refractivity contribution in [3.63, 3.8) is 0 Å². The van der Waals surface area contributed by atoms with Crippen molar-refractivity contribution >= 4 is 51.2 Å². The molecule has 2 heterocycles. The van der Waals surface area contributed by atoms with Crippen molar-refractivity contribution < 1.29 is 0 Å².